The fourth-order valence-corrected chi connectivity index (χ4v) is 4.51. The largest absolute Gasteiger partial charge is 0.486 e. The summed E-state index contributed by atoms with van der Waals surface area (Å²) in [5, 5.41) is 3.22. The van der Waals surface area contributed by atoms with Gasteiger partial charge in [-0.15, -0.1) is 0 Å². The Balaban J connectivity index is 1.33. The van der Waals surface area contributed by atoms with Gasteiger partial charge in [0, 0.05) is 25.8 Å². The number of rotatable bonds is 6. The molecular formula is C19H23N3O5S. The predicted octanol–water partition coefficient (Wildman–Crippen LogP) is 1.53. The van der Waals surface area contributed by atoms with E-state index in [1.807, 2.05) is 18.2 Å². The van der Waals surface area contributed by atoms with Crippen molar-refractivity contribution in [2.24, 2.45) is 0 Å². The Hall–Kier alpha value is -2.36. The molecule has 0 spiro atoms. The SMILES string of the molecule is O=S(=O)(c1ccc(NCCc2ccc3c(c2)OCCO3)nc1)N1CCOCC1. The summed E-state index contributed by atoms with van der Waals surface area (Å²) in [7, 11) is -3.51. The second-order valence-corrected chi connectivity index (χ2v) is 8.49. The summed E-state index contributed by atoms with van der Waals surface area (Å²) in [5.74, 6) is 2.19. The molecule has 1 N–H and O–H groups in total. The molecule has 1 aromatic heterocycles. The molecule has 0 radical (unpaired) electrons. The molecule has 2 aromatic rings. The zero-order chi connectivity index (χ0) is 19.4. The lowest BCUT2D eigenvalue weighted by molar-refractivity contribution is 0.0730. The molecule has 0 saturated carbocycles. The van der Waals surface area contributed by atoms with Gasteiger partial charge in [0.25, 0.3) is 0 Å². The van der Waals surface area contributed by atoms with Crippen LogP contribution < -0.4 is 14.8 Å². The maximum atomic E-state index is 12.6. The highest BCUT2D eigenvalue weighted by Gasteiger charge is 2.26. The molecule has 8 nitrogen and oxygen atoms in total. The van der Waals surface area contributed by atoms with Crippen molar-refractivity contribution in [3.8, 4) is 11.5 Å². The number of ether oxygens (including phenoxy) is 3. The lowest BCUT2D eigenvalue weighted by atomic mass is 10.1. The number of benzene rings is 1. The van der Waals surface area contributed by atoms with Crippen molar-refractivity contribution in [1.82, 2.24) is 9.29 Å². The topological polar surface area (TPSA) is 90.0 Å². The van der Waals surface area contributed by atoms with E-state index < -0.39 is 10.0 Å². The van der Waals surface area contributed by atoms with E-state index in [-0.39, 0.29) is 4.90 Å². The van der Waals surface area contributed by atoms with Crippen molar-refractivity contribution in [3.63, 3.8) is 0 Å². The monoisotopic (exact) mass is 405 g/mol. The van der Waals surface area contributed by atoms with Crippen LogP contribution in [0.25, 0.3) is 0 Å². The molecule has 2 aliphatic heterocycles. The van der Waals surface area contributed by atoms with Crippen molar-refractivity contribution < 1.29 is 22.6 Å². The first kappa shape index (κ1) is 19.0. The minimum Gasteiger partial charge on any atom is -0.486 e. The molecular weight excluding hydrogens is 382 g/mol. The van der Waals surface area contributed by atoms with Gasteiger partial charge in [0.05, 0.1) is 13.2 Å². The van der Waals surface area contributed by atoms with Gasteiger partial charge < -0.3 is 19.5 Å². The molecule has 2 aliphatic rings. The quantitative estimate of drug-likeness (QED) is 0.779. The van der Waals surface area contributed by atoms with Crippen molar-refractivity contribution in [3.05, 3.63) is 42.1 Å². The summed E-state index contributed by atoms with van der Waals surface area (Å²) >= 11 is 0. The molecule has 0 aliphatic carbocycles. The molecule has 28 heavy (non-hydrogen) atoms. The van der Waals surface area contributed by atoms with Gasteiger partial charge in [-0.3, -0.25) is 0 Å². The summed E-state index contributed by atoms with van der Waals surface area (Å²) in [6.45, 7) is 3.41. The van der Waals surface area contributed by atoms with E-state index in [0.717, 1.165) is 23.5 Å². The number of hydrogen-bond donors (Lipinski definition) is 1. The molecule has 4 rings (SSSR count). The van der Waals surface area contributed by atoms with Gasteiger partial charge in [-0.25, -0.2) is 13.4 Å². The minimum atomic E-state index is -3.51. The van der Waals surface area contributed by atoms with Crippen LogP contribution in [0, 0.1) is 0 Å². The molecule has 3 heterocycles. The van der Waals surface area contributed by atoms with Crippen molar-refractivity contribution in [2.45, 2.75) is 11.3 Å². The number of nitrogens with one attached hydrogen (secondary N) is 1. The highest BCUT2D eigenvalue weighted by Crippen LogP contribution is 2.30. The molecule has 150 valence electrons. The van der Waals surface area contributed by atoms with Gasteiger partial charge in [-0.2, -0.15) is 4.31 Å². The Bertz CT molecular complexity index is 912. The number of aromatic nitrogens is 1. The van der Waals surface area contributed by atoms with Gasteiger partial charge in [-0.05, 0) is 36.2 Å². The third-order valence-corrected chi connectivity index (χ3v) is 6.55. The second-order valence-electron chi connectivity index (χ2n) is 6.55. The first-order chi connectivity index (χ1) is 13.6. The minimum absolute atomic E-state index is 0.201. The zero-order valence-corrected chi connectivity index (χ0v) is 16.3. The fourth-order valence-electron chi connectivity index (χ4n) is 3.15. The van der Waals surface area contributed by atoms with Crippen LogP contribution in [0.4, 0.5) is 5.82 Å². The maximum absolute atomic E-state index is 12.6. The average Bonchev–Trinajstić information content (AvgIpc) is 2.75. The van der Waals surface area contributed by atoms with E-state index in [9.17, 15) is 8.42 Å². The lowest BCUT2D eigenvalue weighted by Gasteiger charge is -2.25. The van der Waals surface area contributed by atoms with Crippen molar-refractivity contribution in [1.29, 1.82) is 0 Å². The lowest BCUT2D eigenvalue weighted by Crippen LogP contribution is -2.40. The van der Waals surface area contributed by atoms with Crippen molar-refractivity contribution in [2.75, 3.05) is 51.4 Å². The number of anilines is 1. The van der Waals surface area contributed by atoms with Gasteiger partial charge in [0.15, 0.2) is 11.5 Å². The highest BCUT2D eigenvalue weighted by molar-refractivity contribution is 7.89. The molecule has 0 atom stereocenters. The number of sulfonamides is 1. The smallest absolute Gasteiger partial charge is 0.244 e. The molecule has 1 fully saturated rings. The molecule has 0 unspecified atom stereocenters. The third kappa shape index (κ3) is 4.21. The van der Waals surface area contributed by atoms with Crippen molar-refractivity contribution >= 4 is 15.8 Å². The Kier molecular flexibility index (Phi) is 5.65. The summed E-state index contributed by atoms with van der Waals surface area (Å²) in [5.41, 5.74) is 1.13. The van der Waals surface area contributed by atoms with Crippen LogP contribution in [-0.4, -0.2) is 63.8 Å². The fraction of sp³-hybridized carbons (Fsp3) is 0.421. The van der Waals surface area contributed by atoms with Crippen LogP contribution >= 0.6 is 0 Å². The zero-order valence-electron chi connectivity index (χ0n) is 15.5. The summed E-state index contributed by atoms with van der Waals surface area (Å²) in [6.07, 6.45) is 2.18. The van der Waals surface area contributed by atoms with Crippen LogP contribution in [0.1, 0.15) is 5.56 Å². The summed E-state index contributed by atoms with van der Waals surface area (Å²) in [4.78, 5) is 4.45. The van der Waals surface area contributed by atoms with E-state index >= 15 is 0 Å². The first-order valence-corrected chi connectivity index (χ1v) is 10.7. The normalized spacial score (nSPS) is 17.3. The van der Waals surface area contributed by atoms with Gasteiger partial charge in [-0.1, -0.05) is 6.07 Å². The maximum Gasteiger partial charge on any atom is 0.244 e. The van der Waals surface area contributed by atoms with E-state index in [2.05, 4.69) is 10.3 Å². The molecule has 9 heteroatoms. The van der Waals surface area contributed by atoms with Crippen LogP contribution in [0.5, 0.6) is 11.5 Å². The Morgan fingerprint density at radius 1 is 1.00 bits per heavy atom. The van der Waals surface area contributed by atoms with Crippen LogP contribution in [0.15, 0.2) is 41.4 Å². The third-order valence-electron chi connectivity index (χ3n) is 4.67. The number of hydrogen-bond acceptors (Lipinski definition) is 7. The van der Waals surface area contributed by atoms with Gasteiger partial charge in [0.1, 0.15) is 23.9 Å². The van der Waals surface area contributed by atoms with Gasteiger partial charge in [0.2, 0.25) is 10.0 Å². The first-order valence-electron chi connectivity index (χ1n) is 9.29. The van der Waals surface area contributed by atoms with E-state index in [1.165, 1.54) is 10.5 Å². The number of morpholine rings is 1. The van der Waals surface area contributed by atoms with Gasteiger partial charge >= 0.3 is 0 Å². The summed E-state index contributed by atoms with van der Waals surface area (Å²) < 4.78 is 43.0. The summed E-state index contributed by atoms with van der Waals surface area (Å²) in [6, 6.07) is 9.21. The van der Waals surface area contributed by atoms with Crippen LogP contribution in [0.3, 0.4) is 0 Å². The van der Waals surface area contributed by atoms with E-state index in [0.29, 0.717) is 51.9 Å². The Morgan fingerprint density at radius 2 is 1.79 bits per heavy atom. The van der Waals surface area contributed by atoms with E-state index in [1.54, 1.807) is 12.1 Å². The Labute approximate surface area is 164 Å². The van der Waals surface area contributed by atoms with Crippen LogP contribution in [-0.2, 0) is 21.2 Å². The number of nitrogens with zero attached hydrogens (tertiary/aromatic N) is 2. The Morgan fingerprint density at radius 3 is 2.54 bits per heavy atom. The molecule has 1 saturated heterocycles. The molecule has 0 amide bonds. The standard InChI is InChI=1S/C19H23N3O5S/c23-28(24,22-7-9-25-10-8-22)16-2-4-19(21-14-16)20-6-5-15-1-3-17-18(13-15)27-12-11-26-17/h1-4,13-14H,5-12H2,(H,20,21). The molecule has 1 aromatic carbocycles. The van der Waals surface area contributed by atoms with Crippen LogP contribution in [0.2, 0.25) is 0 Å². The molecule has 0 bridgehead atoms. The second kappa shape index (κ2) is 8.34. The predicted molar refractivity (Wildman–Crippen MR) is 103 cm³/mol. The number of fused-ring (bicyclic) bond motifs is 1. The highest BCUT2D eigenvalue weighted by atomic mass is 32.2. The van der Waals surface area contributed by atoms with E-state index in [4.69, 9.17) is 14.2 Å². The number of pyridine rings is 1. The average molecular weight is 405 g/mol.